The van der Waals surface area contributed by atoms with Crippen molar-refractivity contribution in [2.75, 3.05) is 31.2 Å². The topological polar surface area (TPSA) is 68.4 Å². The van der Waals surface area contributed by atoms with Crippen molar-refractivity contribution in [1.29, 1.82) is 0 Å². The summed E-state index contributed by atoms with van der Waals surface area (Å²) in [6.07, 6.45) is 3.76. The van der Waals surface area contributed by atoms with Gasteiger partial charge in [-0.25, -0.2) is 14.5 Å². The van der Waals surface area contributed by atoms with Crippen LogP contribution >= 0.6 is 0 Å². The Balaban J connectivity index is 1.69. The molecule has 1 fully saturated rings. The van der Waals surface area contributed by atoms with E-state index in [2.05, 4.69) is 16.0 Å². The first-order valence-corrected chi connectivity index (χ1v) is 9.37. The van der Waals surface area contributed by atoms with Crippen LogP contribution in [0.2, 0.25) is 0 Å². The number of fused-ring (bicyclic) bond motifs is 1. The van der Waals surface area contributed by atoms with E-state index in [-0.39, 0.29) is 0 Å². The summed E-state index contributed by atoms with van der Waals surface area (Å²) >= 11 is 0. The van der Waals surface area contributed by atoms with Gasteiger partial charge in [0, 0.05) is 31.2 Å². The molecule has 1 aliphatic rings. The average molecular weight is 372 g/mol. The maximum Gasteiger partial charge on any atom is 0.226 e. The van der Waals surface area contributed by atoms with Crippen molar-refractivity contribution >= 4 is 11.5 Å². The van der Waals surface area contributed by atoms with Crippen molar-refractivity contribution in [1.82, 2.24) is 24.6 Å². The molecule has 0 bridgehead atoms. The van der Waals surface area contributed by atoms with Gasteiger partial charge in [-0.2, -0.15) is 5.10 Å². The summed E-state index contributed by atoms with van der Waals surface area (Å²) in [5.74, 6) is 0.722. The first-order valence-electron chi connectivity index (χ1n) is 9.37. The minimum absolute atomic E-state index is 0.697. The van der Waals surface area contributed by atoms with E-state index in [9.17, 15) is 0 Å². The lowest BCUT2D eigenvalue weighted by atomic mass is 10.1. The van der Waals surface area contributed by atoms with E-state index in [1.54, 1.807) is 0 Å². The summed E-state index contributed by atoms with van der Waals surface area (Å²) in [5, 5.41) is 4.80. The molecule has 140 valence electrons. The fourth-order valence-electron chi connectivity index (χ4n) is 3.51. The van der Waals surface area contributed by atoms with Crippen LogP contribution in [0.25, 0.3) is 28.2 Å². The van der Waals surface area contributed by atoms with Gasteiger partial charge in [-0.3, -0.25) is 4.98 Å². The maximum atomic E-state index is 5.45. The Labute approximate surface area is 162 Å². The quantitative estimate of drug-likeness (QED) is 0.551. The highest BCUT2D eigenvalue weighted by molar-refractivity contribution is 5.90. The number of anilines is 1. The molecular weight excluding hydrogens is 352 g/mol. The zero-order chi connectivity index (χ0) is 18.9. The number of hydrogen-bond donors (Lipinski definition) is 0. The lowest BCUT2D eigenvalue weighted by Crippen LogP contribution is -2.37. The summed E-state index contributed by atoms with van der Waals surface area (Å²) in [6, 6.07) is 14.0. The monoisotopic (exact) mass is 372 g/mol. The molecule has 0 atom stereocenters. The van der Waals surface area contributed by atoms with E-state index >= 15 is 0 Å². The molecule has 0 aliphatic carbocycles. The summed E-state index contributed by atoms with van der Waals surface area (Å²) in [7, 11) is 0. The average Bonchev–Trinajstić information content (AvgIpc) is 3.14. The third kappa shape index (κ3) is 2.99. The fraction of sp³-hybridized carbons (Fsp3) is 0.238. The Morgan fingerprint density at radius 3 is 2.68 bits per heavy atom. The van der Waals surface area contributed by atoms with Crippen molar-refractivity contribution in [2.45, 2.75) is 6.92 Å². The molecule has 0 amide bonds. The molecule has 1 saturated heterocycles. The van der Waals surface area contributed by atoms with Gasteiger partial charge >= 0.3 is 0 Å². The summed E-state index contributed by atoms with van der Waals surface area (Å²) in [5.41, 5.74) is 5.42. The molecule has 4 aromatic rings. The van der Waals surface area contributed by atoms with Crippen LogP contribution in [0.3, 0.4) is 0 Å². The Morgan fingerprint density at radius 1 is 0.929 bits per heavy atom. The van der Waals surface area contributed by atoms with Crippen molar-refractivity contribution in [3.8, 4) is 22.6 Å². The normalized spacial score (nSPS) is 14.5. The number of ether oxygens (including phenoxy) is 1. The lowest BCUT2D eigenvalue weighted by molar-refractivity contribution is 0.122. The van der Waals surface area contributed by atoms with E-state index in [1.807, 2.05) is 60.2 Å². The Bertz CT molecular complexity index is 1130. The zero-order valence-corrected chi connectivity index (χ0v) is 15.6. The molecule has 0 unspecified atom stereocenters. The van der Waals surface area contributed by atoms with Gasteiger partial charge in [-0.15, -0.1) is 0 Å². The molecule has 0 spiro atoms. The second-order valence-corrected chi connectivity index (χ2v) is 6.76. The van der Waals surface area contributed by atoms with Crippen LogP contribution < -0.4 is 4.90 Å². The molecule has 5 heterocycles. The van der Waals surface area contributed by atoms with Crippen LogP contribution in [-0.2, 0) is 4.74 Å². The van der Waals surface area contributed by atoms with Gasteiger partial charge in [0.05, 0.1) is 35.7 Å². The number of rotatable bonds is 3. The highest BCUT2D eigenvalue weighted by Crippen LogP contribution is 2.33. The molecule has 5 rings (SSSR count). The number of pyridine rings is 2. The molecule has 0 aromatic carbocycles. The largest absolute Gasteiger partial charge is 0.378 e. The van der Waals surface area contributed by atoms with Crippen LogP contribution in [0, 0.1) is 6.92 Å². The smallest absolute Gasteiger partial charge is 0.226 e. The van der Waals surface area contributed by atoms with E-state index in [4.69, 9.17) is 19.8 Å². The van der Waals surface area contributed by atoms with Gasteiger partial charge in [0.15, 0.2) is 0 Å². The molecule has 0 radical (unpaired) electrons. The molecule has 7 nitrogen and oxygen atoms in total. The molecule has 4 aromatic heterocycles. The van der Waals surface area contributed by atoms with E-state index in [1.165, 1.54) is 0 Å². The van der Waals surface area contributed by atoms with E-state index in [0.717, 1.165) is 52.9 Å². The first kappa shape index (κ1) is 16.8. The Kier molecular flexibility index (Phi) is 4.21. The van der Waals surface area contributed by atoms with Gasteiger partial charge in [0.2, 0.25) is 5.95 Å². The van der Waals surface area contributed by atoms with Gasteiger partial charge in [-0.1, -0.05) is 12.1 Å². The highest BCUT2D eigenvalue weighted by atomic mass is 16.5. The van der Waals surface area contributed by atoms with Gasteiger partial charge in [0.1, 0.15) is 5.69 Å². The predicted octanol–water partition coefficient (Wildman–Crippen LogP) is 3.00. The molecule has 7 heteroatoms. The summed E-state index contributed by atoms with van der Waals surface area (Å²) in [6.45, 7) is 4.97. The van der Waals surface area contributed by atoms with Crippen molar-refractivity contribution < 1.29 is 4.74 Å². The standard InChI is InChI=1S/C21H20N6O/c1-15-5-4-6-17(23-15)20-19(18-7-2-3-10-27(18)25-20)16-8-9-22-21(24-16)26-11-13-28-14-12-26/h2-10H,11-14H2,1H3. The lowest BCUT2D eigenvalue weighted by Gasteiger charge is -2.26. The van der Waals surface area contributed by atoms with Crippen LogP contribution in [0.4, 0.5) is 5.95 Å². The summed E-state index contributed by atoms with van der Waals surface area (Å²) in [4.78, 5) is 16.2. The molecule has 0 saturated carbocycles. The van der Waals surface area contributed by atoms with Crippen LogP contribution in [0.15, 0.2) is 54.9 Å². The Morgan fingerprint density at radius 2 is 1.82 bits per heavy atom. The third-order valence-corrected chi connectivity index (χ3v) is 4.86. The zero-order valence-electron chi connectivity index (χ0n) is 15.6. The van der Waals surface area contributed by atoms with Crippen molar-refractivity contribution in [3.05, 3.63) is 60.6 Å². The Hall–Kier alpha value is -3.32. The minimum Gasteiger partial charge on any atom is -0.378 e. The van der Waals surface area contributed by atoms with E-state index < -0.39 is 0 Å². The number of aryl methyl sites for hydroxylation is 1. The first-order chi connectivity index (χ1) is 13.8. The van der Waals surface area contributed by atoms with Crippen LogP contribution in [0.1, 0.15) is 5.69 Å². The van der Waals surface area contributed by atoms with Crippen LogP contribution in [0.5, 0.6) is 0 Å². The van der Waals surface area contributed by atoms with Crippen LogP contribution in [-0.4, -0.2) is 50.9 Å². The van der Waals surface area contributed by atoms with Gasteiger partial charge in [-0.05, 0) is 37.3 Å². The van der Waals surface area contributed by atoms with Crippen molar-refractivity contribution in [3.63, 3.8) is 0 Å². The number of aromatic nitrogens is 5. The minimum atomic E-state index is 0.697. The second-order valence-electron chi connectivity index (χ2n) is 6.76. The summed E-state index contributed by atoms with van der Waals surface area (Å²) < 4.78 is 7.33. The maximum absolute atomic E-state index is 5.45. The number of nitrogens with zero attached hydrogens (tertiary/aromatic N) is 6. The highest BCUT2D eigenvalue weighted by Gasteiger charge is 2.20. The second kappa shape index (κ2) is 7.01. The SMILES string of the molecule is Cc1cccc(-c2nn3ccccc3c2-c2ccnc(N3CCOCC3)n2)n1. The molecule has 0 N–H and O–H groups in total. The van der Waals surface area contributed by atoms with Gasteiger partial charge < -0.3 is 9.64 Å². The molecular formula is C21H20N6O. The molecule has 28 heavy (non-hydrogen) atoms. The number of hydrogen-bond acceptors (Lipinski definition) is 6. The predicted molar refractivity (Wildman–Crippen MR) is 107 cm³/mol. The third-order valence-electron chi connectivity index (χ3n) is 4.86. The molecule has 1 aliphatic heterocycles. The fourth-order valence-corrected chi connectivity index (χ4v) is 3.51. The van der Waals surface area contributed by atoms with Crippen molar-refractivity contribution in [2.24, 2.45) is 0 Å². The van der Waals surface area contributed by atoms with Gasteiger partial charge in [0.25, 0.3) is 0 Å². The number of morpholine rings is 1. The van der Waals surface area contributed by atoms with E-state index in [0.29, 0.717) is 13.2 Å².